The zero-order chi connectivity index (χ0) is 20.8. The molecule has 158 valence electrons. The van der Waals surface area contributed by atoms with Crippen molar-refractivity contribution in [3.63, 3.8) is 0 Å². The van der Waals surface area contributed by atoms with Crippen LogP contribution in [-0.4, -0.2) is 36.1 Å². The van der Waals surface area contributed by atoms with Crippen LogP contribution in [0.25, 0.3) is 0 Å². The molecule has 0 saturated carbocycles. The maximum atomic E-state index is 13.3. The summed E-state index contributed by atoms with van der Waals surface area (Å²) in [6, 6.07) is 15.8. The third-order valence-corrected chi connectivity index (χ3v) is 4.77. The van der Waals surface area contributed by atoms with Crippen LogP contribution in [-0.2, 0) is 24.4 Å². The van der Waals surface area contributed by atoms with E-state index in [4.69, 9.17) is 18.6 Å². The first-order valence-electron chi connectivity index (χ1n) is 9.79. The molecule has 0 fully saturated rings. The number of benzene rings is 2. The zero-order valence-corrected chi connectivity index (χ0v) is 16.5. The summed E-state index contributed by atoms with van der Waals surface area (Å²) in [6.45, 7) is 2.26. The van der Waals surface area contributed by atoms with Crippen LogP contribution >= 0.6 is 0 Å². The molecular formula is C23H24FNO5. The lowest BCUT2D eigenvalue weighted by Gasteiger charge is -2.25. The number of furan rings is 1. The first kappa shape index (κ1) is 20.4. The SMILES string of the molecule is OC(COCc1ccco1)CN(Cc1ccc(F)cc1)Cc1ccc2c(c1)OCO2. The third-order valence-electron chi connectivity index (χ3n) is 4.77. The Morgan fingerprint density at radius 3 is 2.57 bits per heavy atom. The molecule has 7 heteroatoms. The third kappa shape index (κ3) is 5.60. The summed E-state index contributed by atoms with van der Waals surface area (Å²) in [6.07, 6.45) is 0.902. The Bertz CT molecular complexity index is 929. The van der Waals surface area contributed by atoms with Crippen molar-refractivity contribution in [3.8, 4) is 11.5 Å². The van der Waals surface area contributed by atoms with Gasteiger partial charge in [-0.05, 0) is 47.5 Å². The van der Waals surface area contributed by atoms with Crippen molar-refractivity contribution >= 4 is 0 Å². The predicted octanol–water partition coefficient (Wildman–Crippen LogP) is 3.73. The summed E-state index contributed by atoms with van der Waals surface area (Å²) in [5.41, 5.74) is 1.99. The van der Waals surface area contributed by atoms with Crippen molar-refractivity contribution in [2.45, 2.75) is 25.8 Å². The molecule has 0 amide bonds. The van der Waals surface area contributed by atoms with Crippen LogP contribution < -0.4 is 9.47 Å². The van der Waals surface area contributed by atoms with Crippen molar-refractivity contribution in [3.05, 3.63) is 83.6 Å². The van der Waals surface area contributed by atoms with E-state index in [9.17, 15) is 9.50 Å². The second-order valence-corrected chi connectivity index (χ2v) is 7.23. The number of halogens is 1. The Kier molecular flexibility index (Phi) is 6.63. The van der Waals surface area contributed by atoms with E-state index in [2.05, 4.69) is 4.90 Å². The van der Waals surface area contributed by atoms with E-state index in [0.717, 1.165) is 22.6 Å². The number of ether oxygens (including phenoxy) is 3. The molecule has 1 aliphatic heterocycles. The maximum Gasteiger partial charge on any atom is 0.231 e. The zero-order valence-electron chi connectivity index (χ0n) is 16.5. The highest BCUT2D eigenvalue weighted by Gasteiger charge is 2.17. The molecular weight excluding hydrogens is 389 g/mol. The lowest BCUT2D eigenvalue weighted by molar-refractivity contribution is 0.00252. The molecule has 0 bridgehead atoms. The smallest absolute Gasteiger partial charge is 0.231 e. The highest BCUT2D eigenvalue weighted by Crippen LogP contribution is 2.33. The van der Waals surface area contributed by atoms with Crippen LogP contribution in [0.1, 0.15) is 16.9 Å². The fraction of sp³-hybridized carbons (Fsp3) is 0.304. The highest BCUT2D eigenvalue weighted by molar-refractivity contribution is 5.44. The van der Waals surface area contributed by atoms with Crippen molar-refractivity contribution in [1.29, 1.82) is 0 Å². The van der Waals surface area contributed by atoms with Crippen LogP contribution in [0.15, 0.2) is 65.3 Å². The van der Waals surface area contributed by atoms with Gasteiger partial charge < -0.3 is 23.7 Å². The lowest BCUT2D eigenvalue weighted by Crippen LogP contribution is -2.34. The van der Waals surface area contributed by atoms with E-state index < -0.39 is 6.10 Å². The Balaban J connectivity index is 1.38. The summed E-state index contributed by atoms with van der Waals surface area (Å²) < 4.78 is 34.9. The average Bonchev–Trinajstić information content (AvgIpc) is 3.41. The molecule has 2 heterocycles. The van der Waals surface area contributed by atoms with E-state index in [1.165, 1.54) is 12.1 Å². The summed E-state index contributed by atoms with van der Waals surface area (Å²) in [7, 11) is 0. The standard InChI is InChI=1S/C23H24FNO5/c24-19-6-3-17(4-7-19)11-25(12-18-5-8-22-23(10-18)30-16-29-22)13-20(26)14-27-15-21-2-1-9-28-21/h1-10,20,26H,11-16H2. The minimum atomic E-state index is -0.686. The summed E-state index contributed by atoms with van der Waals surface area (Å²) in [4.78, 5) is 2.09. The van der Waals surface area contributed by atoms with Gasteiger partial charge in [0.2, 0.25) is 6.79 Å². The average molecular weight is 413 g/mol. The normalized spacial score (nSPS) is 13.7. The van der Waals surface area contributed by atoms with Crippen LogP contribution in [0.2, 0.25) is 0 Å². The van der Waals surface area contributed by atoms with Crippen LogP contribution in [0.4, 0.5) is 4.39 Å². The second kappa shape index (κ2) is 9.75. The molecule has 1 N–H and O–H groups in total. The minimum absolute atomic E-state index is 0.182. The molecule has 6 nitrogen and oxygen atoms in total. The Morgan fingerprint density at radius 1 is 1.00 bits per heavy atom. The lowest BCUT2D eigenvalue weighted by atomic mass is 10.1. The number of fused-ring (bicyclic) bond motifs is 1. The summed E-state index contributed by atoms with van der Waals surface area (Å²) in [5, 5.41) is 10.5. The van der Waals surface area contributed by atoms with Crippen molar-refractivity contribution < 1.29 is 28.1 Å². The number of aliphatic hydroxyl groups excluding tert-OH is 1. The molecule has 1 aromatic heterocycles. The molecule has 1 unspecified atom stereocenters. The molecule has 0 saturated heterocycles. The van der Waals surface area contributed by atoms with Gasteiger partial charge in [-0.15, -0.1) is 0 Å². The van der Waals surface area contributed by atoms with Gasteiger partial charge >= 0.3 is 0 Å². The Labute approximate surface area is 174 Å². The predicted molar refractivity (Wildman–Crippen MR) is 107 cm³/mol. The number of hydrogen-bond acceptors (Lipinski definition) is 6. The quantitative estimate of drug-likeness (QED) is 0.547. The molecule has 2 aromatic carbocycles. The first-order valence-corrected chi connectivity index (χ1v) is 9.79. The van der Waals surface area contributed by atoms with Gasteiger partial charge in [0, 0.05) is 19.6 Å². The van der Waals surface area contributed by atoms with Gasteiger partial charge in [-0.25, -0.2) is 4.39 Å². The van der Waals surface area contributed by atoms with Gasteiger partial charge in [0.1, 0.15) is 18.2 Å². The number of rotatable bonds is 10. The van der Waals surface area contributed by atoms with Crippen LogP contribution in [0.3, 0.4) is 0 Å². The topological polar surface area (TPSA) is 64.3 Å². The van der Waals surface area contributed by atoms with E-state index in [0.29, 0.717) is 32.0 Å². The fourth-order valence-electron chi connectivity index (χ4n) is 3.37. The molecule has 0 radical (unpaired) electrons. The Hall–Kier alpha value is -2.87. The largest absolute Gasteiger partial charge is 0.467 e. The molecule has 4 rings (SSSR count). The van der Waals surface area contributed by atoms with E-state index in [1.54, 1.807) is 24.5 Å². The van der Waals surface area contributed by atoms with E-state index in [-0.39, 0.29) is 19.2 Å². The van der Waals surface area contributed by atoms with E-state index >= 15 is 0 Å². The molecule has 0 spiro atoms. The monoisotopic (exact) mass is 413 g/mol. The van der Waals surface area contributed by atoms with Crippen LogP contribution in [0, 0.1) is 5.82 Å². The van der Waals surface area contributed by atoms with Gasteiger partial charge in [0.05, 0.1) is 19.0 Å². The minimum Gasteiger partial charge on any atom is -0.467 e. The molecule has 3 aromatic rings. The number of nitrogens with zero attached hydrogens (tertiary/aromatic N) is 1. The molecule has 30 heavy (non-hydrogen) atoms. The Morgan fingerprint density at radius 2 is 1.77 bits per heavy atom. The van der Waals surface area contributed by atoms with Gasteiger partial charge in [0.15, 0.2) is 11.5 Å². The van der Waals surface area contributed by atoms with Gasteiger partial charge in [-0.1, -0.05) is 18.2 Å². The van der Waals surface area contributed by atoms with Crippen molar-refractivity contribution in [1.82, 2.24) is 4.90 Å². The van der Waals surface area contributed by atoms with Crippen molar-refractivity contribution in [2.75, 3.05) is 19.9 Å². The number of aliphatic hydroxyl groups is 1. The number of hydrogen-bond donors (Lipinski definition) is 1. The second-order valence-electron chi connectivity index (χ2n) is 7.23. The molecule has 1 atom stereocenters. The summed E-state index contributed by atoms with van der Waals surface area (Å²) >= 11 is 0. The summed E-state index contributed by atoms with van der Waals surface area (Å²) in [5.74, 6) is 1.89. The van der Waals surface area contributed by atoms with Gasteiger partial charge in [0.25, 0.3) is 0 Å². The van der Waals surface area contributed by atoms with E-state index in [1.807, 2.05) is 24.3 Å². The fourth-order valence-corrected chi connectivity index (χ4v) is 3.37. The molecule has 1 aliphatic rings. The van der Waals surface area contributed by atoms with Crippen LogP contribution in [0.5, 0.6) is 11.5 Å². The maximum absolute atomic E-state index is 13.3. The van der Waals surface area contributed by atoms with Gasteiger partial charge in [-0.2, -0.15) is 0 Å². The van der Waals surface area contributed by atoms with Crippen molar-refractivity contribution in [2.24, 2.45) is 0 Å². The highest BCUT2D eigenvalue weighted by atomic mass is 19.1. The van der Waals surface area contributed by atoms with Gasteiger partial charge in [-0.3, -0.25) is 4.90 Å². The molecule has 0 aliphatic carbocycles. The first-order chi connectivity index (χ1) is 14.7.